The molecule has 1 rings (SSSR count). The van der Waals surface area contributed by atoms with Crippen molar-refractivity contribution in [2.24, 2.45) is 4.99 Å². The van der Waals surface area contributed by atoms with Crippen molar-refractivity contribution in [3.8, 4) is 0 Å². The summed E-state index contributed by atoms with van der Waals surface area (Å²) in [4.78, 5) is 3.52. The summed E-state index contributed by atoms with van der Waals surface area (Å²) in [5, 5.41) is 0. The van der Waals surface area contributed by atoms with Crippen LogP contribution in [-0.2, 0) is 0 Å². The molecule has 0 bridgehead atoms. The highest BCUT2D eigenvalue weighted by Crippen LogP contribution is 2.16. The Kier molecular flexibility index (Phi) is 1.83. The van der Waals surface area contributed by atoms with Crippen LogP contribution in [0.1, 0.15) is 0 Å². The quantitative estimate of drug-likeness (QED) is 0.532. The minimum Gasteiger partial charge on any atom is -0.276 e. The van der Waals surface area contributed by atoms with Gasteiger partial charge in [-0.25, -0.2) is 8.78 Å². The Morgan fingerprint density at radius 3 is 2.75 bits per heavy atom. The van der Waals surface area contributed by atoms with Crippen LogP contribution in [0.25, 0.3) is 0 Å². The van der Waals surface area contributed by atoms with E-state index < -0.39 is 12.5 Å². The van der Waals surface area contributed by atoms with Gasteiger partial charge in [-0.2, -0.15) is 0 Å². The number of alkyl halides is 2. The van der Waals surface area contributed by atoms with E-state index in [4.69, 9.17) is 0 Å². The highest BCUT2D eigenvalue weighted by molar-refractivity contribution is 8.12. The molecular weight excluding hydrogens is 132 g/mol. The minimum absolute atomic E-state index is 0.442. The van der Waals surface area contributed by atoms with Crippen molar-refractivity contribution < 1.29 is 8.78 Å². The lowest BCUT2D eigenvalue weighted by Gasteiger charge is -2.00. The second kappa shape index (κ2) is 2.44. The average Bonchev–Trinajstić information content (AvgIpc) is 2.12. The largest absolute Gasteiger partial charge is 0.276 e. The molecular formula is C4H5F2NS. The van der Waals surface area contributed by atoms with E-state index in [1.54, 1.807) is 0 Å². The maximum atomic E-state index is 11.6. The molecule has 1 aliphatic rings. The molecule has 0 aromatic rings. The summed E-state index contributed by atoms with van der Waals surface area (Å²) in [5.74, 6) is 0.442. The van der Waals surface area contributed by atoms with Crippen LogP contribution in [-0.4, -0.2) is 23.8 Å². The summed E-state index contributed by atoms with van der Waals surface area (Å²) >= 11 is 1.34. The molecule has 0 saturated heterocycles. The van der Waals surface area contributed by atoms with Crippen LogP contribution >= 0.6 is 11.8 Å². The van der Waals surface area contributed by atoms with Gasteiger partial charge >= 0.3 is 0 Å². The Balaban J connectivity index is 2.36. The van der Waals surface area contributed by atoms with Gasteiger partial charge in [-0.3, -0.25) is 4.99 Å². The van der Waals surface area contributed by atoms with Crippen LogP contribution in [0.3, 0.4) is 0 Å². The smallest absolute Gasteiger partial charge is 0.261 e. The van der Waals surface area contributed by atoms with E-state index in [9.17, 15) is 8.78 Å². The first kappa shape index (κ1) is 6.01. The van der Waals surface area contributed by atoms with E-state index in [1.807, 2.05) is 0 Å². The molecule has 1 heterocycles. The lowest BCUT2D eigenvalue weighted by molar-refractivity contribution is 0.127. The number of hydrogen-bond donors (Lipinski definition) is 0. The van der Waals surface area contributed by atoms with E-state index in [0.717, 1.165) is 0 Å². The van der Waals surface area contributed by atoms with E-state index in [2.05, 4.69) is 4.99 Å². The molecule has 0 spiro atoms. The fourth-order valence-corrected chi connectivity index (χ4v) is 1.20. The number of halogens is 2. The van der Waals surface area contributed by atoms with Gasteiger partial charge in [0.05, 0.1) is 5.55 Å². The number of rotatable bonds is 1. The molecule has 1 atom stereocenters. The first-order valence-electron chi connectivity index (χ1n) is 2.22. The maximum Gasteiger partial charge on any atom is 0.261 e. The third kappa shape index (κ3) is 1.18. The first-order chi connectivity index (χ1) is 3.80. The number of thioether (sulfide) groups is 1. The zero-order valence-corrected chi connectivity index (χ0v) is 4.87. The third-order valence-corrected chi connectivity index (χ3v) is 1.69. The Bertz CT molecular complexity index is 104. The van der Waals surface area contributed by atoms with E-state index in [0.29, 0.717) is 5.75 Å². The van der Waals surface area contributed by atoms with Crippen molar-refractivity contribution >= 4 is 17.3 Å². The van der Waals surface area contributed by atoms with Crippen molar-refractivity contribution in [3.63, 3.8) is 0 Å². The highest BCUT2D eigenvalue weighted by atomic mass is 32.2. The first-order valence-corrected chi connectivity index (χ1v) is 3.27. The van der Waals surface area contributed by atoms with Gasteiger partial charge in [0.25, 0.3) is 6.43 Å². The summed E-state index contributed by atoms with van der Waals surface area (Å²) in [6.07, 6.45) is -2.28. The molecule has 0 amide bonds. The second-order valence-corrected chi connectivity index (χ2v) is 2.37. The Morgan fingerprint density at radius 1 is 1.75 bits per heavy atom. The molecule has 1 unspecified atom stereocenters. The third-order valence-electron chi connectivity index (χ3n) is 0.885. The summed E-state index contributed by atoms with van der Waals surface area (Å²) in [6, 6.07) is -0.736. The Hall–Kier alpha value is -0.120. The fourth-order valence-electron chi connectivity index (χ4n) is 0.444. The van der Waals surface area contributed by atoms with Crippen LogP contribution in [0, 0.1) is 0 Å². The van der Waals surface area contributed by atoms with Crippen LogP contribution < -0.4 is 0 Å². The van der Waals surface area contributed by atoms with Gasteiger partial charge in [-0.05, 0) is 0 Å². The molecule has 8 heavy (non-hydrogen) atoms. The maximum absolute atomic E-state index is 11.6. The van der Waals surface area contributed by atoms with E-state index in [-0.39, 0.29) is 0 Å². The van der Waals surface area contributed by atoms with Crippen LogP contribution in [0.2, 0.25) is 0 Å². The van der Waals surface area contributed by atoms with Crippen LogP contribution in [0.5, 0.6) is 0 Å². The zero-order valence-electron chi connectivity index (χ0n) is 4.05. The standard InChI is InChI=1S/C4H5F2NS/c5-4(6)3-1-8-2-7-3/h2-4H,1H2. The Morgan fingerprint density at radius 2 is 2.50 bits per heavy atom. The lowest BCUT2D eigenvalue weighted by atomic mass is 10.4. The van der Waals surface area contributed by atoms with E-state index >= 15 is 0 Å². The van der Waals surface area contributed by atoms with Gasteiger partial charge in [-0.15, -0.1) is 11.8 Å². The predicted molar refractivity (Wildman–Crippen MR) is 30.7 cm³/mol. The van der Waals surface area contributed by atoms with Crippen molar-refractivity contribution in [2.75, 3.05) is 5.75 Å². The molecule has 0 aromatic carbocycles. The summed E-state index contributed by atoms with van der Waals surface area (Å²) < 4.78 is 23.2. The van der Waals surface area contributed by atoms with Crippen molar-refractivity contribution in [2.45, 2.75) is 12.5 Å². The van der Waals surface area contributed by atoms with Gasteiger partial charge in [0.1, 0.15) is 6.04 Å². The van der Waals surface area contributed by atoms with Gasteiger partial charge in [-0.1, -0.05) is 0 Å². The molecule has 4 heteroatoms. The van der Waals surface area contributed by atoms with Gasteiger partial charge in [0.2, 0.25) is 0 Å². The van der Waals surface area contributed by atoms with Gasteiger partial charge < -0.3 is 0 Å². The van der Waals surface area contributed by atoms with Crippen LogP contribution in [0.15, 0.2) is 4.99 Å². The fraction of sp³-hybridized carbons (Fsp3) is 0.750. The molecule has 1 aliphatic heterocycles. The molecule has 0 aliphatic carbocycles. The summed E-state index contributed by atoms with van der Waals surface area (Å²) in [5.41, 5.74) is 1.48. The number of aliphatic imine (C=N–C) groups is 1. The normalized spacial score (nSPS) is 27.6. The van der Waals surface area contributed by atoms with Gasteiger partial charge in [0.15, 0.2) is 0 Å². The molecule has 0 aromatic heterocycles. The lowest BCUT2D eigenvalue weighted by Crippen LogP contribution is -2.14. The molecule has 46 valence electrons. The molecule has 0 radical (unpaired) electrons. The highest BCUT2D eigenvalue weighted by Gasteiger charge is 2.21. The summed E-state index contributed by atoms with van der Waals surface area (Å²) in [7, 11) is 0. The zero-order chi connectivity index (χ0) is 5.98. The molecule has 0 fully saturated rings. The molecule has 0 saturated carbocycles. The molecule has 0 N–H and O–H groups in total. The van der Waals surface area contributed by atoms with Crippen LogP contribution in [0.4, 0.5) is 8.78 Å². The van der Waals surface area contributed by atoms with E-state index in [1.165, 1.54) is 17.3 Å². The Labute approximate surface area is 50.2 Å². The minimum atomic E-state index is -2.28. The summed E-state index contributed by atoms with van der Waals surface area (Å²) in [6.45, 7) is 0. The second-order valence-electron chi connectivity index (χ2n) is 1.49. The molecule has 1 nitrogen and oxygen atoms in total. The topological polar surface area (TPSA) is 12.4 Å². The van der Waals surface area contributed by atoms with Crippen molar-refractivity contribution in [3.05, 3.63) is 0 Å². The average molecular weight is 137 g/mol. The van der Waals surface area contributed by atoms with Crippen molar-refractivity contribution in [1.82, 2.24) is 0 Å². The predicted octanol–water partition coefficient (Wildman–Crippen LogP) is 1.40. The number of hydrogen-bond acceptors (Lipinski definition) is 2. The van der Waals surface area contributed by atoms with Crippen molar-refractivity contribution in [1.29, 1.82) is 0 Å². The SMILES string of the molecule is FC(F)C1CSC=N1. The number of nitrogens with zero attached hydrogens (tertiary/aromatic N) is 1. The van der Waals surface area contributed by atoms with Gasteiger partial charge in [0, 0.05) is 5.75 Å². The monoisotopic (exact) mass is 137 g/mol.